The molecule has 3 aromatic rings. The van der Waals surface area contributed by atoms with E-state index in [1.807, 2.05) is 60.7 Å². The van der Waals surface area contributed by atoms with Gasteiger partial charge in [0.1, 0.15) is 5.69 Å². The molecule has 3 rings (SSSR count). The highest BCUT2D eigenvalue weighted by atomic mass is 16.5. The molecule has 0 spiro atoms. The summed E-state index contributed by atoms with van der Waals surface area (Å²) in [5.41, 5.74) is 2.42. The molecule has 2 aromatic carbocycles. The molecular formula is C21H19N3O3. The van der Waals surface area contributed by atoms with Crippen LogP contribution < -0.4 is 4.90 Å². The van der Waals surface area contributed by atoms with E-state index < -0.39 is 5.97 Å². The monoisotopic (exact) mass is 361 g/mol. The van der Waals surface area contributed by atoms with Crippen molar-refractivity contribution in [3.63, 3.8) is 0 Å². The van der Waals surface area contributed by atoms with E-state index in [1.165, 1.54) is 4.90 Å². The second-order valence-electron chi connectivity index (χ2n) is 5.74. The number of aromatic amines is 1. The van der Waals surface area contributed by atoms with Crippen molar-refractivity contribution in [3.8, 4) is 11.3 Å². The Hall–Kier alpha value is -3.67. The molecule has 0 saturated carbocycles. The minimum Gasteiger partial charge on any atom is -0.451 e. The first-order valence-electron chi connectivity index (χ1n) is 8.43. The molecular weight excluding hydrogens is 342 g/mol. The Morgan fingerprint density at radius 2 is 1.74 bits per heavy atom. The van der Waals surface area contributed by atoms with E-state index >= 15 is 0 Å². The van der Waals surface area contributed by atoms with Crippen molar-refractivity contribution in [2.45, 2.75) is 0 Å². The van der Waals surface area contributed by atoms with Gasteiger partial charge in [0, 0.05) is 17.8 Å². The summed E-state index contributed by atoms with van der Waals surface area (Å²) in [4.78, 5) is 26.2. The Bertz CT molecular complexity index is 920. The van der Waals surface area contributed by atoms with Gasteiger partial charge in [0.05, 0.1) is 5.69 Å². The molecule has 0 saturated heterocycles. The number of amides is 1. The third kappa shape index (κ3) is 4.49. The van der Waals surface area contributed by atoms with E-state index in [0.29, 0.717) is 17.9 Å². The topological polar surface area (TPSA) is 75.3 Å². The highest BCUT2D eigenvalue weighted by molar-refractivity contribution is 5.97. The fourth-order valence-electron chi connectivity index (χ4n) is 2.55. The number of carbonyl (C=O) groups excluding carboxylic acids is 2. The van der Waals surface area contributed by atoms with E-state index in [9.17, 15) is 9.59 Å². The van der Waals surface area contributed by atoms with Gasteiger partial charge < -0.3 is 9.64 Å². The van der Waals surface area contributed by atoms with Crippen LogP contribution in [0.1, 0.15) is 10.5 Å². The number of esters is 1. The number of ether oxygens (including phenoxy) is 1. The van der Waals surface area contributed by atoms with Crippen LogP contribution >= 0.6 is 0 Å². The van der Waals surface area contributed by atoms with Gasteiger partial charge in [-0.3, -0.25) is 9.89 Å². The number of benzene rings is 2. The molecule has 0 radical (unpaired) electrons. The number of H-pyrrole nitrogens is 1. The fraction of sp³-hybridized carbons (Fsp3) is 0.0952. The van der Waals surface area contributed by atoms with Crippen molar-refractivity contribution in [2.24, 2.45) is 0 Å². The highest BCUT2D eigenvalue weighted by Gasteiger charge is 2.18. The van der Waals surface area contributed by atoms with E-state index in [4.69, 9.17) is 4.74 Å². The quantitative estimate of drug-likeness (QED) is 0.517. The summed E-state index contributed by atoms with van der Waals surface area (Å²) >= 11 is 0. The van der Waals surface area contributed by atoms with Gasteiger partial charge in [-0.1, -0.05) is 54.6 Å². The largest absolute Gasteiger partial charge is 0.451 e. The van der Waals surface area contributed by atoms with Crippen LogP contribution in [0.2, 0.25) is 0 Å². The Balaban J connectivity index is 1.63. The number of rotatable bonds is 7. The summed E-state index contributed by atoms with van der Waals surface area (Å²) in [6.07, 6.45) is 1.62. The maximum atomic E-state index is 12.5. The molecule has 0 fully saturated rings. The van der Waals surface area contributed by atoms with Gasteiger partial charge in [-0.15, -0.1) is 6.58 Å². The van der Waals surface area contributed by atoms with Crippen molar-refractivity contribution >= 4 is 17.6 Å². The molecule has 0 atom stereocenters. The van der Waals surface area contributed by atoms with Gasteiger partial charge in [-0.05, 0) is 18.2 Å². The third-order valence-corrected chi connectivity index (χ3v) is 3.87. The number of aromatic nitrogens is 2. The zero-order valence-electron chi connectivity index (χ0n) is 14.7. The summed E-state index contributed by atoms with van der Waals surface area (Å²) in [6.45, 7) is 3.62. The van der Waals surface area contributed by atoms with E-state index in [1.54, 1.807) is 12.1 Å². The Labute approximate surface area is 157 Å². The zero-order valence-corrected chi connectivity index (χ0v) is 14.7. The molecule has 0 aliphatic heterocycles. The Kier molecular flexibility index (Phi) is 5.79. The van der Waals surface area contributed by atoms with E-state index in [2.05, 4.69) is 16.8 Å². The minimum atomic E-state index is -0.635. The molecule has 0 bridgehead atoms. The average Bonchev–Trinajstić information content (AvgIpc) is 3.22. The van der Waals surface area contributed by atoms with Crippen LogP contribution in [0.5, 0.6) is 0 Å². The summed E-state index contributed by atoms with van der Waals surface area (Å²) < 4.78 is 5.15. The lowest BCUT2D eigenvalue weighted by Gasteiger charge is -2.20. The van der Waals surface area contributed by atoms with Gasteiger partial charge in [0.25, 0.3) is 5.91 Å². The number of hydrogen-bond donors (Lipinski definition) is 1. The SMILES string of the molecule is C=CCN(C(=O)COC(=O)c1cc(-c2ccccc2)n[nH]1)c1ccccc1. The fourth-order valence-corrected chi connectivity index (χ4v) is 2.55. The lowest BCUT2D eigenvalue weighted by molar-refractivity contribution is -0.121. The minimum absolute atomic E-state index is 0.191. The lowest BCUT2D eigenvalue weighted by atomic mass is 10.1. The van der Waals surface area contributed by atoms with Crippen molar-refractivity contribution in [2.75, 3.05) is 18.1 Å². The van der Waals surface area contributed by atoms with Crippen LogP contribution in [0.25, 0.3) is 11.3 Å². The second kappa shape index (κ2) is 8.62. The summed E-state index contributed by atoms with van der Waals surface area (Å²) in [6, 6.07) is 20.2. The summed E-state index contributed by atoms with van der Waals surface area (Å²) in [7, 11) is 0. The maximum absolute atomic E-state index is 12.5. The molecule has 1 aromatic heterocycles. The number of anilines is 1. The molecule has 1 heterocycles. The number of hydrogen-bond acceptors (Lipinski definition) is 4. The number of carbonyl (C=O) groups is 2. The van der Waals surface area contributed by atoms with Gasteiger partial charge >= 0.3 is 5.97 Å². The third-order valence-electron chi connectivity index (χ3n) is 3.87. The van der Waals surface area contributed by atoms with Crippen LogP contribution in [0.3, 0.4) is 0 Å². The maximum Gasteiger partial charge on any atom is 0.356 e. The average molecular weight is 361 g/mol. The van der Waals surface area contributed by atoms with Crippen LogP contribution in [-0.2, 0) is 9.53 Å². The van der Waals surface area contributed by atoms with Crippen LogP contribution in [0.15, 0.2) is 79.4 Å². The van der Waals surface area contributed by atoms with E-state index in [-0.39, 0.29) is 18.2 Å². The number of para-hydroxylation sites is 1. The van der Waals surface area contributed by atoms with Crippen LogP contribution in [0.4, 0.5) is 5.69 Å². The number of nitrogens with zero attached hydrogens (tertiary/aromatic N) is 2. The second-order valence-corrected chi connectivity index (χ2v) is 5.74. The highest BCUT2D eigenvalue weighted by Crippen LogP contribution is 2.17. The van der Waals surface area contributed by atoms with Gasteiger partial charge in [-0.25, -0.2) is 4.79 Å². The first-order chi connectivity index (χ1) is 13.2. The zero-order chi connectivity index (χ0) is 19.1. The molecule has 136 valence electrons. The molecule has 27 heavy (non-hydrogen) atoms. The van der Waals surface area contributed by atoms with Crippen molar-refractivity contribution in [3.05, 3.63) is 85.1 Å². The standard InChI is InChI=1S/C21H19N3O3/c1-2-13-24(17-11-7-4-8-12-17)20(25)15-27-21(26)19-14-18(22-23-19)16-9-5-3-6-10-16/h2-12,14H,1,13,15H2,(H,22,23). The van der Waals surface area contributed by atoms with Crippen LogP contribution in [0, 0.1) is 0 Å². The molecule has 1 N–H and O–H groups in total. The molecule has 0 aliphatic carbocycles. The number of nitrogens with one attached hydrogen (secondary N) is 1. The first-order valence-corrected chi connectivity index (χ1v) is 8.43. The van der Waals surface area contributed by atoms with E-state index in [0.717, 1.165) is 5.56 Å². The molecule has 6 heteroatoms. The van der Waals surface area contributed by atoms with Gasteiger partial charge in [0.2, 0.25) is 0 Å². The Morgan fingerprint density at radius 3 is 2.41 bits per heavy atom. The first kappa shape index (κ1) is 18.1. The summed E-state index contributed by atoms with van der Waals surface area (Å²) in [5.74, 6) is -0.970. The Morgan fingerprint density at radius 1 is 1.07 bits per heavy atom. The van der Waals surface area contributed by atoms with Crippen molar-refractivity contribution in [1.82, 2.24) is 10.2 Å². The van der Waals surface area contributed by atoms with Crippen molar-refractivity contribution < 1.29 is 14.3 Å². The predicted molar refractivity (Wildman–Crippen MR) is 103 cm³/mol. The predicted octanol–water partition coefficient (Wildman–Crippen LogP) is 3.45. The van der Waals surface area contributed by atoms with Crippen molar-refractivity contribution in [1.29, 1.82) is 0 Å². The molecule has 6 nitrogen and oxygen atoms in total. The van der Waals surface area contributed by atoms with Crippen LogP contribution in [-0.4, -0.2) is 35.2 Å². The molecule has 0 aliphatic rings. The molecule has 0 unspecified atom stereocenters. The van der Waals surface area contributed by atoms with Gasteiger partial charge in [0.15, 0.2) is 6.61 Å². The normalized spacial score (nSPS) is 10.2. The van der Waals surface area contributed by atoms with Gasteiger partial charge in [-0.2, -0.15) is 5.10 Å². The molecule has 1 amide bonds. The smallest absolute Gasteiger partial charge is 0.356 e. The summed E-state index contributed by atoms with van der Waals surface area (Å²) in [5, 5.41) is 6.76. The lowest BCUT2D eigenvalue weighted by Crippen LogP contribution is -2.34.